The first-order chi connectivity index (χ1) is 8.27. The molecule has 2 N–H and O–H groups in total. The molecule has 0 aromatic heterocycles. The molecule has 0 aromatic carbocycles. The van der Waals surface area contributed by atoms with Gasteiger partial charge in [-0.1, -0.05) is 19.8 Å². The SMILES string of the molecule is CCC1(C(=O)NCC2CCCC2)CCNCC1. The van der Waals surface area contributed by atoms with Crippen LogP contribution in [0.3, 0.4) is 0 Å². The highest BCUT2D eigenvalue weighted by molar-refractivity contribution is 5.82. The molecule has 0 bridgehead atoms. The van der Waals surface area contributed by atoms with Gasteiger partial charge >= 0.3 is 0 Å². The molecule has 1 saturated heterocycles. The van der Waals surface area contributed by atoms with Crippen LogP contribution in [0.25, 0.3) is 0 Å². The Kier molecular flexibility index (Phi) is 4.43. The Morgan fingerprint density at radius 3 is 2.53 bits per heavy atom. The molecular weight excluding hydrogens is 212 g/mol. The summed E-state index contributed by atoms with van der Waals surface area (Å²) in [5.74, 6) is 1.06. The first-order valence-electron chi connectivity index (χ1n) is 7.26. The highest BCUT2D eigenvalue weighted by atomic mass is 16.2. The topological polar surface area (TPSA) is 41.1 Å². The molecule has 0 spiro atoms. The summed E-state index contributed by atoms with van der Waals surface area (Å²) in [5.41, 5.74) is -0.0795. The molecule has 0 aromatic rings. The average molecular weight is 238 g/mol. The third-order valence-electron chi connectivity index (χ3n) is 4.75. The Morgan fingerprint density at radius 1 is 1.29 bits per heavy atom. The molecule has 3 heteroatoms. The van der Waals surface area contributed by atoms with Crippen molar-refractivity contribution in [3.8, 4) is 0 Å². The van der Waals surface area contributed by atoms with Crippen LogP contribution >= 0.6 is 0 Å². The molecule has 0 radical (unpaired) electrons. The molecule has 98 valence electrons. The van der Waals surface area contributed by atoms with Crippen molar-refractivity contribution in [1.82, 2.24) is 10.6 Å². The van der Waals surface area contributed by atoms with Crippen LogP contribution in [0, 0.1) is 11.3 Å². The molecule has 1 amide bonds. The normalized spacial score (nSPS) is 24.8. The Hall–Kier alpha value is -0.570. The van der Waals surface area contributed by atoms with Crippen LogP contribution in [0.4, 0.5) is 0 Å². The van der Waals surface area contributed by atoms with Crippen LogP contribution in [0.1, 0.15) is 51.9 Å². The second-order valence-corrected chi connectivity index (χ2v) is 5.74. The fourth-order valence-corrected chi connectivity index (χ4v) is 3.29. The predicted molar refractivity (Wildman–Crippen MR) is 69.8 cm³/mol. The molecule has 1 aliphatic carbocycles. The lowest BCUT2D eigenvalue weighted by Gasteiger charge is -2.35. The van der Waals surface area contributed by atoms with E-state index in [-0.39, 0.29) is 5.41 Å². The number of hydrogen-bond acceptors (Lipinski definition) is 2. The van der Waals surface area contributed by atoms with E-state index in [1.54, 1.807) is 0 Å². The van der Waals surface area contributed by atoms with E-state index in [4.69, 9.17) is 0 Å². The molecule has 1 aliphatic heterocycles. The van der Waals surface area contributed by atoms with Crippen LogP contribution in [-0.4, -0.2) is 25.5 Å². The van der Waals surface area contributed by atoms with Crippen molar-refractivity contribution in [2.24, 2.45) is 11.3 Å². The summed E-state index contributed by atoms with van der Waals surface area (Å²) in [6.45, 7) is 5.05. The maximum Gasteiger partial charge on any atom is 0.226 e. The van der Waals surface area contributed by atoms with Gasteiger partial charge in [0.05, 0.1) is 5.41 Å². The second kappa shape index (κ2) is 5.85. The van der Waals surface area contributed by atoms with E-state index in [9.17, 15) is 4.79 Å². The number of rotatable bonds is 4. The molecule has 2 fully saturated rings. The summed E-state index contributed by atoms with van der Waals surface area (Å²) < 4.78 is 0. The van der Waals surface area contributed by atoms with E-state index in [1.807, 2.05) is 0 Å². The molecule has 3 nitrogen and oxygen atoms in total. The molecule has 17 heavy (non-hydrogen) atoms. The van der Waals surface area contributed by atoms with E-state index in [1.165, 1.54) is 25.7 Å². The van der Waals surface area contributed by atoms with Crippen LogP contribution in [0.15, 0.2) is 0 Å². The summed E-state index contributed by atoms with van der Waals surface area (Å²) in [7, 11) is 0. The van der Waals surface area contributed by atoms with E-state index in [0.717, 1.165) is 44.8 Å². The van der Waals surface area contributed by atoms with Gasteiger partial charge in [-0.05, 0) is 51.1 Å². The molecule has 0 atom stereocenters. The van der Waals surface area contributed by atoms with Gasteiger partial charge < -0.3 is 10.6 Å². The van der Waals surface area contributed by atoms with Crippen LogP contribution in [0.2, 0.25) is 0 Å². The van der Waals surface area contributed by atoms with Crippen LogP contribution in [0.5, 0.6) is 0 Å². The smallest absolute Gasteiger partial charge is 0.226 e. The Labute approximate surface area is 105 Å². The van der Waals surface area contributed by atoms with Gasteiger partial charge in [0, 0.05) is 6.54 Å². The van der Waals surface area contributed by atoms with E-state index in [2.05, 4.69) is 17.6 Å². The number of nitrogens with one attached hydrogen (secondary N) is 2. The van der Waals surface area contributed by atoms with Crippen molar-refractivity contribution in [3.63, 3.8) is 0 Å². The zero-order chi connectivity index (χ0) is 12.1. The van der Waals surface area contributed by atoms with Gasteiger partial charge in [0.2, 0.25) is 5.91 Å². The first-order valence-corrected chi connectivity index (χ1v) is 7.26. The minimum absolute atomic E-state index is 0.0795. The Morgan fingerprint density at radius 2 is 1.94 bits per heavy atom. The highest BCUT2D eigenvalue weighted by Crippen LogP contribution is 2.33. The lowest BCUT2D eigenvalue weighted by atomic mass is 9.76. The van der Waals surface area contributed by atoms with E-state index >= 15 is 0 Å². The number of carbonyl (C=O) groups is 1. The van der Waals surface area contributed by atoms with Crippen molar-refractivity contribution >= 4 is 5.91 Å². The van der Waals surface area contributed by atoms with Gasteiger partial charge in [0.1, 0.15) is 0 Å². The Bertz CT molecular complexity index is 253. The van der Waals surface area contributed by atoms with E-state index < -0.39 is 0 Å². The molecular formula is C14H26N2O. The van der Waals surface area contributed by atoms with Gasteiger partial charge in [0.15, 0.2) is 0 Å². The third kappa shape index (κ3) is 3.01. The van der Waals surface area contributed by atoms with Crippen molar-refractivity contribution in [2.45, 2.75) is 51.9 Å². The van der Waals surface area contributed by atoms with E-state index in [0.29, 0.717) is 5.91 Å². The second-order valence-electron chi connectivity index (χ2n) is 5.74. The average Bonchev–Trinajstić information content (AvgIpc) is 2.90. The minimum atomic E-state index is -0.0795. The van der Waals surface area contributed by atoms with Crippen molar-refractivity contribution in [3.05, 3.63) is 0 Å². The lowest BCUT2D eigenvalue weighted by Crippen LogP contribution is -2.48. The summed E-state index contributed by atoms with van der Waals surface area (Å²) in [6, 6.07) is 0. The minimum Gasteiger partial charge on any atom is -0.355 e. The van der Waals surface area contributed by atoms with Gasteiger partial charge in [-0.2, -0.15) is 0 Å². The quantitative estimate of drug-likeness (QED) is 0.787. The molecule has 2 rings (SSSR count). The number of amides is 1. The first kappa shape index (κ1) is 12.9. The Balaban J connectivity index is 1.83. The highest BCUT2D eigenvalue weighted by Gasteiger charge is 2.37. The zero-order valence-corrected chi connectivity index (χ0v) is 11.1. The number of piperidine rings is 1. The van der Waals surface area contributed by atoms with Crippen molar-refractivity contribution in [1.29, 1.82) is 0 Å². The molecule has 1 saturated carbocycles. The van der Waals surface area contributed by atoms with Gasteiger partial charge in [-0.25, -0.2) is 0 Å². The van der Waals surface area contributed by atoms with Crippen LogP contribution in [-0.2, 0) is 4.79 Å². The zero-order valence-electron chi connectivity index (χ0n) is 11.1. The summed E-state index contributed by atoms with van der Waals surface area (Å²) >= 11 is 0. The van der Waals surface area contributed by atoms with Crippen LogP contribution < -0.4 is 10.6 Å². The summed E-state index contributed by atoms with van der Waals surface area (Å²) in [5, 5.41) is 6.57. The molecule has 2 aliphatic rings. The van der Waals surface area contributed by atoms with Crippen molar-refractivity contribution < 1.29 is 4.79 Å². The fraction of sp³-hybridized carbons (Fsp3) is 0.929. The standard InChI is InChI=1S/C14H26N2O/c1-2-14(7-9-15-10-8-14)13(17)16-11-12-5-3-4-6-12/h12,15H,2-11H2,1H3,(H,16,17). The lowest BCUT2D eigenvalue weighted by molar-refractivity contribution is -0.133. The molecule has 0 unspecified atom stereocenters. The number of hydrogen-bond donors (Lipinski definition) is 2. The monoisotopic (exact) mass is 238 g/mol. The van der Waals surface area contributed by atoms with Crippen molar-refractivity contribution in [2.75, 3.05) is 19.6 Å². The largest absolute Gasteiger partial charge is 0.355 e. The van der Waals surface area contributed by atoms with Gasteiger partial charge in [-0.3, -0.25) is 4.79 Å². The maximum absolute atomic E-state index is 12.4. The summed E-state index contributed by atoms with van der Waals surface area (Å²) in [4.78, 5) is 12.4. The van der Waals surface area contributed by atoms with Gasteiger partial charge in [0.25, 0.3) is 0 Å². The third-order valence-corrected chi connectivity index (χ3v) is 4.75. The predicted octanol–water partition coefficient (Wildman–Crippen LogP) is 2.07. The summed E-state index contributed by atoms with van der Waals surface area (Å²) in [6.07, 6.45) is 8.29. The molecule has 1 heterocycles. The maximum atomic E-state index is 12.4. The van der Waals surface area contributed by atoms with Gasteiger partial charge in [-0.15, -0.1) is 0 Å². The fourth-order valence-electron chi connectivity index (χ4n) is 3.29. The number of carbonyl (C=O) groups excluding carboxylic acids is 1.